The molecule has 1 aliphatic heterocycles. The molecule has 1 aromatic carbocycles. The minimum absolute atomic E-state index is 0.0360. The van der Waals surface area contributed by atoms with Crippen LogP contribution in [0.25, 0.3) is 10.2 Å². The summed E-state index contributed by atoms with van der Waals surface area (Å²) in [6, 6.07) is 6.72. The first-order chi connectivity index (χ1) is 17.9. The van der Waals surface area contributed by atoms with Crippen molar-refractivity contribution in [2.75, 3.05) is 43.0 Å². The summed E-state index contributed by atoms with van der Waals surface area (Å²) in [6.45, 7) is 10.5. The van der Waals surface area contributed by atoms with Crippen molar-refractivity contribution in [3.05, 3.63) is 47.3 Å². The van der Waals surface area contributed by atoms with E-state index in [1.165, 1.54) is 11.5 Å². The number of hydrogen-bond acceptors (Lipinski definition) is 8. The molecule has 0 atom stereocenters. The minimum atomic E-state index is -0.382. The van der Waals surface area contributed by atoms with Crippen molar-refractivity contribution in [3.63, 3.8) is 0 Å². The third-order valence-electron chi connectivity index (χ3n) is 6.77. The van der Waals surface area contributed by atoms with E-state index >= 15 is 0 Å². The monoisotopic (exact) mass is 523 g/mol. The fraction of sp³-hybridized carbons (Fsp3) is 0.444. The Bertz CT molecular complexity index is 1280. The number of nitrogens with one attached hydrogen (secondary N) is 1. The van der Waals surface area contributed by atoms with Crippen LogP contribution in [-0.2, 0) is 9.53 Å². The summed E-state index contributed by atoms with van der Waals surface area (Å²) in [5.41, 5.74) is 3.42. The van der Waals surface area contributed by atoms with E-state index in [0.717, 1.165) is 21.6 Å². The number of rotatable bonds is 8. The molecule has 3 aromatic rings. The molecule has 0 aliphatic carbocycles. The molecule has 0 saturated carbocycles. The van der Waals surface area contributed by atoms with E-state index in [-0.39, 0.29) is 23.7 Å². The summed E-state index contributed by atoms with van der Waals surface area (Å²) in [4.78, 5) is 47.6. The number of carbonyl (C=O) groups is 3. The topological polar surface area (TPSA) is 105 Å². The maximum absolute atomic E-state index is 13.4. The Labute approximate surface area is 221 Å². The number of amides is 2. The molecule has 1 saturated heterocycles. The van der Waals surface area contributed by atoms with E-state index in [1.54, 1.807) is 42.3 Å². The SMILES string of the molecule is CCOC(=O)c1ccc(NC(=O)C2CCN(c3c(C(=O)N(CC)CC)cnc4snc(C)c34)CC2)cc1. The maximum Gasteiger partial charge on any atom is 0.338 e. The zero-order valence-corrected chi connectivity index (χ0v) is 22.6. The maximum atomic E-state index is 13.4. The van der Waals surface area contributed by atoms with Crippen molar-refractivity contribution in [3.8, 4) is 0 Å². The number of fused-ring (bicyclic) bond motifs is 1. The molecule has 3 heterocycles. The standard InChI is InChI=1S/C27H33N5O4S/c1-5-31(6-2)26(34)21-16-28-25-22(17(4)30-37-25)23(21)32-14-12-18(13-15-32)24(33)29-20-10-8-19(9-11-20)27(35)36-7-3/h8-11,16,18H,5-7,12-15H2,1-4H3,(H,29,33). The first-order valence-corrected chi connectivity index (χ1v) is 13.5. The number of aryl methyl sites for hydroxylation is 1. The van der Waals surface area contributed by atoms with Crippen LogP contribution in [0.5, 0.6) is 0 Å². The minimum Gasteiger partial charge on any atom is -0.462 e. The molecule has 1 fully saturated rings. The highest BCUT2D eigenvalue weighted by molar-refractivity contribution is 7.13. The van der Waals surface area contributed by atoms with E-state index < -0.39 is 0 Å². The van der Waals surface area contributed by atoms with E-state index in [4.69, 9.17) is 4.74 Å². The first-order valence-electron chi connectivity index (χ1n) is 12.7. The van der Waals surface area contributed by atoms with Crippen LogP contribution in [0.15, 0.2) is 30.5 Å². The Hall–Kier alpha value is -3.53. The van der Waals surface area contributed by atoms with Gasteiger partial charge in [0.25, 0.3) is 5.91 Å². The molecule has 196 valence electrons. The molecule has 1 aliphatic rings. The summed E-state index contributed by atoms with van der Waals surface area (Å²) >= 11 is 1.34. The number of piperidine rings is 1. The second kappa shape index (κ2) is 11.7. The van der Waals surface area contributed by atoms with Crippen LogP contribution in [-0.4, -0.2) is 64.8 Å². The van der Waals surface area contributed by atoms with Crippen LogP contribution in [0.3, 0.4) is 0 Å². The number of pyridine rings is 1. The van der Waals surface area contributed by atoms with Gasteiger partial charge in [-0.25, -0.2) is 9.78 Å². The van der Waals surface area contributed by atoms with Gasteiger partial charge in [-0.3, -0.25) is 9.59 Å². The molecular weight excluding hydrogens is 490 g/mol. The predicted molar refractivity (Wildman–Crippen MR) is 145 cm³/mol. The lowest BCUT2D eigenvalue weighted by Crippen LogP contribution is -2.40. The summed E-state index contributed by atoms with van der Waals surface area (Å²) in [6.07, 6.45) is 2.99. The van der Waals surface area contributed by atoms with Gasteiger partial charge in [-0.2, -0.15) is 4.37 Å². The van der Waals surface area contributed by atoms with Gasteiger partial charge in [-0.1, -0.05) is 0 Å². The average molecular weight is 524 g/mol. The van der Waals surface area contributed by atoms with E-state index in [1.807, 2.05) is 20.8 Å². The highest BCUT2D eigenvalue weighted by Gasteiger charge is 2.30. The number of esters is 1. The Balaban J connectivity index is 1.48. The van der Waals surface area contributed by atoms with Gasteiger partial charge in [0.05, 0.1) is 34.5 Å². The first kappa shape index (κ1) is 26.5. The number of aromatic nitrogens is 2. The second-order valence-corrected chi connectivity index (χ2v) is 9.75. The van der Waals surface area contributed by atoms with Crippen LogP contribution in [0, 0.1) is 12.8 Å². The van der Waals surface area contributed by atoms with Gasteiger partial charge < -0.3 is 19.9 Å². The normalized spacial score (nSPS) is 14.0. The number of hydrogen-bond donors (Lipinski definition) is 1. The van der Waals surface area contributed by atoms with Gasteiger partial charge in [-0.05, 0) is 76.3 Å². The van der Waals surface area contributed by atoms with Crippen molar-refractivity contribution < 1.29 is 19.1 Å². The lowest BCUT2D eigenvalue weighted by atomic mass is 9.94. The van der Waals surface area contributed by atoms with E-state index in [0.29, 0.717) is 62.4 Å². The van der Waals surface area contributed by atoms with Gasteiger partial charge in [0.2, 0.25) is 5.91 Å². The summed E-state index contributed by atoms with van der Waals surface area (Å²) in [5, 5.41) is 3.89. The molecule has 0 bridgehead atoms. The molecule has 10 heteroatoms. The summed E-state index contributed by atoms with van der Waals surface area (Å²) in [7, 11) is 0. The van der Waals surface area contributed by atoms with Crippen molar-refractivity contribution in [1.29, 1.82) is 0 Å². The zero-order chi connectivity index (χ0) is 26.5. The molecular formula is C27H33N5O4S. The zero-order valence-electron chi connectivity index (χ0n) is 21.7. The Morgan fingerprint density at radius 3 is 2.41 bits per heavy atom. The fourth-order valence-electron chi connectivity index (χ4n) is 4.72. The van der Waals surface area contributed by atoms with Crippen molar-refractivity contribution >= 4 is 50.9 Å². The van der Waals surface area contributed by atoms with Crippen LogP contribution in [0.2, 0.25) is 0 Å². The van der Waals surface area contributed by atoms with Crippen LogP contribution in [0.1, 0.15) is 60.0 Å². The van der Waals surface area contributed by atoms with Crippen LogP contribution >= 0.6 is 11.5 Å². The smallest absolute Gasteiger partial charge is 0.338 e. The second-order valence-electron chi connectivity index (χ2n) is 8.99. The largest absolute Gasteiger partial charge is 0.462 e. The van der Waals surface area contributed by atoms with Crippen molar-refractivity contribution in [2.45, 2.75) is 40.5 Å². The molecule has 1 N–H and O–H groups in total. The Kier molecular flexibility index (Phi) is 8.38. The third kappa shape index (κ3) is 5.58. The van der Waals surface area contributed by atoms with Gasteiger partial charge >= 0.3 is 5.97 Å². The van der Waals surface area contributed by atoms with E-state index in [9.17, 15) is 14.4 Å². The Morgan fingerprint density at radius 1 is 1.11 bits per heavy atom. The quantitative estimate of drug-likeness (QED) is 0.433. The number of anilines is 2. The van der Waals surface area contributed by atoms with Gasteiger partial charge in [-0.15, -0.1) is 0 Å². The average Bonchev–Trinajstić information content (AvgIpc) is 3.30. The third-order valence-corrected chi connectivity index (χ3v) is 7.62. The molecule has 0 unspecified atom stereocenters. The lowest BCUT2D eigenvalue weighted by Gasteiger charge is -2.35. The fourth-order valence-corrected chi connectivity index (χ4v) is 5.47. The summed E-state index contributed by atoms with van der Waals surface area (Å²) < 4.78 is 9.50. The summed E-state index contributed by atoms with van der Waals surface area (Å²) in [5.74, 6) is -0.614. The van der Waals surface area contributed by atoms with Gasteiger partial charge in [0.15, 0.2) is 0 Å². The highest BCUT2D eigenvalue weighted by atomic mass is 32.1. The number of benzene rings is 1. The lowest BCUT2D eigenvalue weighted by molar-refractivity contribution is -0.120. The number of ether oxygens (including phenoxy) is 1. The van der Waals surface area contributed by atoms with Gasteiger partial charge in [0.1, 0.15) is 4.83 Å². The molecule has 9 nitrogen and oxygen atoms in total. The Morgan fingerprint density at radius 2 is 1.78 bits per heavy atom. The molecule has 37 heavy (non-hydrogen) atoms. The van der Waals surface area contributed by atoms with Crippen LogP contribution in [0.4, 0.5) is 11.4 Å². The molecule has 0 spiro atoms. The predicted octanol–water partition coefficient (Wildman–Crippen LogP) is 4.51. The molecule has 2 aromatic heterocycles. The van der Waals surface area contributed by atoms with E-state index in [2.05, 4.69) is 19.6 Å². The highest BCUT2D eigenvalue weighted by Crippen LogP contribution is 2.37. The molecule has 4 rings (SSSR count). The van der Waals surface area contributed by atoms with Gasteiger partial charge in [0, 0.05) is 44.0 Å². The van der Waals surface area contributed by atoms with Crippen molar-refractivity contribution in [2.24, 2.45) is 5.92 Å². The van der Waals surface area contributed by atoms with Crippen molar-refractivity contribution in [1.82, 2.24) is 14.3 Å². The van der Waals surface area contributed by atoms with Crippen LogP contribution < -0.4 is 10.2 Å². The molecule has 0 radical (unpaired) electrons. The number of nitrogens with zero attached hydrogens (tertiary/aromatic N) is 4. The molecule has 2 amide bonds. The number of carbonyl (C=O) groups excluding carboxylic acids is 3.